The fourth-order valence-corrected chi connectivity index (χ4v) is 6.25. The van der Waals surface area contributed by atoms with Crippen LogP contribution in [0.1, 0.15) is 64.0 Å². The molecule has 124 valence electrons. The summed E-state index contributed by atoms with van der Waals surface area (Å²) in [6.45, 7) is 10.0. The number of hydrogen-bond acceptors (Lipinski definition) is 0. The maximum absolute atomic E-state index is 2.56. The maximum Gasteiger partial charge on any atom is -0.00902 e. The Morgan fingerprint density at radius 3 is 2.30 bits per heavy atom. The fraction of sp³-hybridized carbons (Fsp3) is 0.652. The van der Waals surface area contributed by atoms with Gasteiger partial charge in [0.05, 0.1) is 0 Å². The standard InChI is InChI=1S/C23H32/c1-14-15(2)17(4)23(16(14)3)13-19-10-12-22-20-8-6-5-7-18(20)9-11-21(19)22/h5-9,11,14-17,19,21-23H,10,12-13H2,1-4H3. The number of fused-ring (bicyclic) bond motifs is 3. The highest BCUT2D eigenvalue weighted by Crippen LogP contribution is 2.54. The van der Waals surface area contributed by atoms with Gasteiger partial charge in [0.25, 0.3) is 0 Å². The van der Waals surface area contributed by atoms with E-state index in [0.717, 1.165) is 47.3 Å². The summed E-state index contributed by atoms with van der Waals surface area (Å²) in [5, 5.41) is 0. The predicted octanol–water partition coefficient (Wildman–Crippen LogP) is 6.39. The molecule has 0 bridgehead atoms. The number of rotatable bonds is 2. The van der Waals surface area contributed by atoms with E-state index in [2.05, 4.69) is 64.1 Å². The van der Waals surface area contributed by atoms with Gasteiger partial charge in [0, 0.05) is 0 Å². The zero-order valence-corrected chi connectivity index (χ0v) is 15.2. The van der Waals surface area contributed by atoms with Gasteiger partial charge in [-0.3, -0.25) is 0 Å². The summed E-state index contributed by atoms with van der Waals surface area (Å²) in [7, 11) is 0. The zero-order chi connectivity index (χ0) is 16.1. The highest BCUT2D eigenvalue weighted by atomic mass is 14.5. The van der Waals surface area contributed by atoms with Crippen molar-refractivity contribution in [2.24, 2.45) is 41.4 Å². The summed E-state index contributed by atoms with van der Waals surface area (Å²) in [5.74, 6) is 7.05. The van der Waals surface area contributed by atoms with Gasteiger partial charge in [-0.05, 0) is 77.7 Å². The minimum atomic E-state index is 0.795. The Hall–Kier alpha value is -1.04. The lowest BCUT2D eigenvalue weighted by atomic mass is 9.74. The molecule has 0 N–H and O–H groups in total. The maximum atomic E-state index is 2.56. The summed E-state index contributed by atoms with van der Waals surface area (Å²) in [5.41, 5.74) is 3.09. The summed E-state index contributed by atoms with van der Waals surface area (Å²) in [4.78, 5) is 0. The SMILES string of the molecule is CC1C(C)C(C)C(CC2CCC3c4ccccc4C=CC23)C1C. The van der Waals surface area contributed by atoms with Gasteiger partial charge in [-0.1, -0.05) is 64.1 Å². The third-order valence-electron chi connectivity index (χ3n) is 8.16. The quantitative estimate of drug-likeness (QED) is 0.594. The van der Waals surface area contributed by atoms with E-state index >= 15 is 0 Å². The molecule has 7 atom stereocenters. The van der Waals surface area contributed by atoms with Crippen LogP contribution in [-0.4, -0.2) is 0 Å². The second-order valence-corrected chi connectivity index (χ2v) is 8.85. The van der Waals surface area contributed by atoms with E-state index in [9.17, 15) is 0 Å². The number of allylic oxidation sites excluding steroid dienone is 1. The first-order valence-electron chi connectivity index (χ1n) is 9.85. The van der Waals surface area contributed by atoms with Gasteiger partial charge in [-0.25, -0.2) is 0 Å². The van der Waals surface area contributed by atoms with E-state index in [1.807, 2.05) is 0 Å². The molecule has 2 fully saturated rings. The van der Waals surface area contributed by atoms with Crippen molar-refractivity contribution < 1.29 is 0 Å². The van der Waals surface area contributed by atoms with Crippen LogP contribution >= 0.6 is 0 Å². The molecule has 0 amide bonds. The topological polar surface area (TPSA) is 0 Å². The number of benzene rings is 1. The molecule has 0 nitrogen and oxygen atoms in total. The lowest BCUT2D eigenvalue weighted by Gasteiger charge is -2.31. The summed E-state index contributed by atoms with van der Waals surface area (Å²) in [6.07, 6.45) is 9.26. The smallest absolute Gasteiger partial charge is 0.00902 e. The van der Waals surface area contributed by atoms with Crippen LogP contribution in [0.4, 0.5) is 0 Å². The second kappa shape index (κ2) is 5.80. The van der Waals surface area contributed by atoms with E-state index in [1.54, 1.807) is 5.56 Å². The Morgan fingerprint density at radius 1 is 0.870 bits per heavy atom. The van der Waals surface area contributed by atoms with Crippen LogP contribution in [0.15, 0.2) is 30.3 Å². The molecule has 7 unspecified atom stereocenters. The van der Waals surface area contributed by atoms with Crippen molar-refractivity contribution in [3.63, 3.8) is 0 Å². The van der Waals surface area contributed by atoms with Crippen LogP contribution in [0.5, 0.6) is 0 Å². The van der Waals surface area contributed by atoms with Gasteiger partial charge in [-0.2, -0.15) is 0 Å². The van der Waals surface area contributed by atoms with Crippen LogP contribution in [0.2, 0.25) is 0 Å². The van der Waals surface area contributed by atoms with Crippen molar-refractivity contribution in [3.05, 3.63) is 41.5 Å². The minimum Gasteiger partial charge on any atom is -0.0799 e. The molecule has 3 aliphatic rings. The Labute approximate surface area is 142 Å². The van der Waals surface area contributed by atoms with Crippen LogP contribution in [0.25, 0.3) is 6.08 Å². The third-order valence-corrected chi connectivity index (χ3v) is 8.16. The van der Waals surface area contributed by atoms with Gasteiger partial charge in [0.2, 0.25) is 0 Å². The zero-order valence-electron chi connectivity index (χ0n) is 15.2. The molecule has 0 aliphatic heterocycles. The van der Waals surface area contributed by atoms with Crippen molar-refractivity contribution in [2.45, 2.75) is 52.9 Å². The lowest BCUT2D eigenvalue weighted by molar-refractivity contribution is 0.234. The van der Waals surface area contributed by atoms with Crippen molar-refractivity contribution in [1.29, 1.82) is 0 Å². The van der Waals surface area contributed by atoms with Crippen molar-refractivity contribution in [1.82, 2.24) is 0 Å². The number of hydrogen-bond donors (Lipinski definition) is 0. The first-order valence-corrected chi connectivity index (χ1v) is 9.85. The first-order chi connectivity index (χ1) is 11.1. The molecular formula is C23H32. The molecule has 3 aliphatic carbocycles. The van der Waals surface area contributed by atoms with Crippen molar-refractivity contribution >= 4 is 6.08 Å². The van der Waals surface area contributed by atoms with Crippen LogP contribution < -0.4 is 0 Å². The molecule has 0 saturated heterocycles. The Morgan fingerprint density at radius 2 is 1.57 bits per heavy atom. The van der Waals surface area contributed by atoms with E-state index in [0.29, 0.717) is 0 Å². The van der Waals surface area contributed by atoms with Gasteiger partial charge in [0.15, 0.2) is 0 Å². The molecule has 2 saturated carbocycles. The van der Waals surface area contributed by atoms with E-state index < -0.39 is 0 Å². The van der Waals surface area contributed by atoms with Gasteiger partial charge in [0.1, 0.15) is 0 Å². The highest BCUT2D eigenvalue weighted by molar-refractivity contribution is 5.58. The predicted molar refractivity (Wildman–Crippen MR) is 99.2 cm³/mol. The summed E-state index contributed by atoms with van der Waals surface area (Å²) in [6, 6.07) is 9.08. The van der Waals surface area contributed by atoms with Gasteiger partial charge >= 0.3 is 0 Å². The Kier molecular flexibility index (Phi) is 3.90. The monoisotopic (exact) mass is 308 g/mol. The average molecular weight is 309 g/mol. The van der Waals surface area contributed by atoms with Gasteiger partial charge in [-0.15, -0.1) is 0 Å². The molecule has 1 aromatic rings. The molecule has 4 rings (SSSR count). The average Bonchev–Trinajstić information content (AvgIpc) is 3.07. The molecule has 0 aromatic heterocycles. The first kappa shape index (κ1) is 15.5. The molecule has 0 heteroatoms. The van der Waals surface area contributed by atoms with Crippen molar-refractivity contribution in [2.75, 3.05) is 0 Å². The summed E-state index contributed by atoms with van der Waals surface area (Å²) < 4.78 is 0. The van der Waals surface area contributed by atoms with E-state index in [-0.39, 0.29) is 0 Å². The second-order valence-electron chi connectivity index (χ2n) is 8.85. The van der Waals surface area contributed by atoms with Crippen LogP contribution in [-0.2, 0) is 0 Å². The highest BCUT2D eigenvalue weighted by Gasteiger charge is 2.45. The fourth-order valence-electron chi connectivity index (χ4n) is 6.25. The van der Waals surface area contributed by atoms with E-state index in [4.69, 9.17) is 0 Å². The Bertz CT molecular complexity index is 584. The minimum absolute atomic E-state index is 0.795. The molecule has 1 aromatic carbocycles. The van der Waals surface area contributed by atoms with Gasteiger partial charge < -0.3 is 0 Å². The Balaban J connectivity index is 1.53. The molecule has 0 spiro atoms. The molecule has 0 heterocycles. The molecular weight excluding hydrogens is 276 g/mol. The van der Waals surface area contributed by atoms with E-state index in [1.165, 1.54) is 24.8 Å². The normalized spacial score (nSPS) is 45.0. The molecule has 0 radical (unpaired) electrons. The third kappa shape index (κ3) is 2.41. The van der Waals surface area contributed by atoms with Crippen LogP contribution in [0, 0.1) is 41.4 Å². The van der Waals surface area contributed by atoms with Crippen molar-refractivity contribution in [3.8, 4) is 0 Å². The summed E-state index contributed by atoms with van der Waals surface area (Å²) >= 11 is 0. The largest absolute Gasteiger partial charge is 0.0799 e. The lowest BCUT2D eigenvalue weighted by Crippen LogP contribution is -2.22. The molecule has 23 heavy (non-hydrogen) atoms. The van der Waals surface area contributed by atoms with Crippen LogP contribution in [0.3, 0.4) is 0 Å².